The first-order valence-corrected chi connectivity index (χ1v) is 17.7. The van der Waals surface area contributed by atoms with Gasteiger partial charge in [0.15, 0.2) is 0 Å². The van der Waals surface area contributed by atoms with Gasteiger partial charge in [-0.15, -0.1) is 0 Å². The number of nitrogens with two attached hydrogens (primary N) is 8. The van der Waals surface area contributed by atoms with Gasteiger partial charge >= 0.3 is 17.9 Å². The quantitative estimate of drug-likeness (QED) is 0.0195. The minimum atomic E-state index is -0.0861. The van der Waals surface area contributed by atoms with Gasteiger partial charge in [0, 0.05) is 63.6 Å². The maximum absolute atomic E-state index is 12.1. The number of carbonyl (C=O) groups excluding carboxylic acids is 4. The molecule has 0 fully saturated rings. The Bertz CT molecular complexity index is 1060. The smallest absolute Gasteiger partial charge is 0.300 e. The number of amidine groups is 1. The van der Waals surface area contributed by atoms with Crippen molar-refractivity contribution in [1.29, 1.82) is 0 Å². The number of unbranched alkanes of at least 4 members (excludes halogenated alkanes) is 1. The molecule has 0 rings (SSSR count). The van der Waals surface area contributed by atoms with E-state index >= 15 is 0 Å². The topological polar surface area (TPSA) is 324 Å². The van der Waals surface area contributed by atoms with Crippen LogP contribution in [-0.2, 0) is 19.2 Å². The largest absolute Gasteiger partial charge is 0.338 e. The van der Waals surface area contributed by atoms with E-state index in [1.54, 1.807) is 0 Å². The summed E-state index contributed by atoms with van der Waals surface area (Å²) >= 11 is 0. The van der Waals surface area contributed by atoms with E-state index in [0.29, 0.717) is 83.6 Å². The minimum absolute atomic E-state index is 0.0617. The third kappa shape index (κ3) is 32.4. The van der Waals surface area contributed by atoms with Gasteiger partial charge in [-0.3, -0.25) is 89.5 Å². The zero-order chi connectivity index (χ0) is 38.5. The van der Waals surface area contributed by atoms with Crippen LogP contribution in [0.2, 0.25) is 0 Å². The molecule has 288 valence electrons. The van der Waals surface area contributed by atoms with Crippen molar-refractivity contribution in [3.8, 4) is 0 Å². The highest BCUT2D eigenvalue weighted by Crippen LogP contribution is 2.05. The second-order valence-electron chi connectivity index (χ2n) is 13.1. The second-order valence-corrected chi connectivity index (χ2v) is 13.1. The molecule has 0 aliphatic rings. The molecule has 0 aromatic rings. The molecule has 0 saturated heterocycles. The average Bonchev–Trinajstić information content (AvgIpc) is 3.02. The van der Waals surface area contributed by atoms with Crippen molar-refractivity contribution in [2.45, 2.75) is 91.9 Å². The summed E-state index contributed by atoms with van der Waals surface area (Å²) in [5, 5.41) is 5.45. The fraction of sp³-hybridized carbons (Fsp3) is 0.758. The summed E-state index contributed by atoms with van der Waals surface area (Å²) in [5.74, 6) is 1.53. The lowest BCUT2D eigenvalue weighted by Crippen LogP contribution is -2.78. The lowest BCUT2D eigenvalue weighted by Gasteiger charge is -2.22. The molecule has 0 atom stereocenters. The molecular weight excluding hydrogens is 642 g/mol. The van der Waals surface area contributed by atoms with Crippen molar-refractivity contribution in [2.75, 3.05) is 58.9 Å². The van der Waals surface area contributed by atoms with Crippen LogP contribution in [0.4, 0.5) is 0 Å². The lowest BCUT2D eigenvalue weighted by atomic mass is 10.1. The predicted octanol–water partition coefficient (Wildman–Crippen LogP) is -7.76. The van der Waals surface area contributed by atoms with Crippen LogP contribution >= 0.6 is 0 Å². The molecule has 0 spiro atoms. The van der Waals surface area contributed by atoms with Gasteiger partial charge in [0.25, 0.3) is 0 Å². The van der Waals surface area contributed by atoms with Crippen LogP contribution in [0.15, 0.2) is 0 Å². The highest BCUT2D eigenvalue weighted by Gasteiger charge is 2.17. The van der Waals surface area contributed by atoms with E-state index in [1.165, 1.54) is 0 Å². The zero-order valence-corrected chi connectivity index (χ0v) is 31.2. The van der Waals surface area contributed by atoms with Gasteiger partial charge in [-0.2, -0.15) is 0 Å². The summed E-state index contributed by atoms with van der Waals surface area (Å²) in [6.07, 6.45) is 6.32. The Balaban J connectivity index is 0. The highest BCUT2D eigenvalue weighted by molar-refractivity contribution is 5.83. The normalized spacial score (nSPS) is 10.8. The number of Topliss-reactive ketones (excluding diaryl/α,β-unsaturated/α-hetero) is 4. The summed E-state index contributed by atoms with van der Waals surface area (Å²) in [5.41, 5.74) is 37.4. The van der Waals surface area contributed by atoms with Gasteiger partial charge in [-0.1, -0.05) is 27.7 Å². The Morgan fingerprint density at radius 3 is 1.22 bits per heavy atom. The second kappa shape index (κ2) is 29.8. The SMILES string of the molecule is CC(C)C(=O)CN(CCC(=O)CCC[NH+]=C(N)N)CCC(=O)CCC[NH+]=C(N)N.CC(C)C(=O)CN(CCCCC(N)=[NH2+])CCC[NH+]=C(N)N. The summed E-state index contributed by atoms with van der Waals surface area (Å²) in [6, 6.07) is 0. The Morgan fingerprint density at radius 2 is 0.860 bits per heavy atom. The number of rotatable bonds is 29. The van der Waals surface area contributed by atoms with Gasteiger partial charge in [0.1, 0.15) is 23.1 Å². The van der Waals surface area contributed by atoms with E-state index in [1.807, 2.05) is 32.6 Å². The molecule has 0 bridgehead atoms. The Labute approximate surface area is 298 Å². The molecule has 17 nitrogen and oxygen atoms in total. The molecule has 0 aromatic carbocycles. The zero-order valence-electron chi connectivity index (χ0n) is 31.2. The lowest BCUT2D eigenvalue weighted by molar-refractivity contribution is -0.460. The third-order valence-electron chi connectivity index (χ3n) is 7.55. The van der Waals surface area contributed by atoms with Crippen LogP contribution in [0, 0.1) is 11.8 Å². The number of nitrogens with zero attached hydrogens (tertiary/aromatic N) is 2. The molecule has 0 aliphatic heterocycles. The van der Waals surface area contributed by atoms with Crippen molar-refractivity contribution in [3.05, 3.63) is 0 Å². The number of hydrogen-bond donors (Lipinski definition) is 11. The molecule has 0 unspecified atom stereocenters. The van der Waals surface area contributed by atoms with Crippen LogP contribution < -0.4 is 60.5 Å². The number of ketones is 4. The maximum atomic E-state index is 12.1. The van der Waals surface area contributed by atoms with Crippen molar-refractivity contribution < 1.29 is 39.6 Å². The summed E-state index contributed by atoms with van der Waals surface area (Å²) in [6.45, 7) is 12.7. The molecule has 0 aliphatic carbocycles. The van der Waals surface area contributed by atoms with E-state index in [4.69, 9.17) is 45.5 Å². The molecule has 0 saturated carbocycles. The summed E-state index contributed by atoms with van der Waals surface area (Å²) < 4.78 is 0. The molecule has 0 radical (unpaired) electrons. The third-order valence-corrected chi connectivity index (χ3v) is 7.55. The van der Waals surface area contributed by atoms with Crippen LogP contribution in [0.25, 0.3) is 0 Å². The van der Waals surface area contributed by atoms with Crippen LogP contribution in [0.1, 0.15) is 91.9 Å². The summed E-state index contributed by atoms with van der Waals surface area (Å²) in [7, 11) is 0. The van der Waals surface area contributed by atoms with Crippen LogP contribution in [0.3, 0.4) is 0 Å². The molecule has 19 N–H and O–H groups in total. The number of nitrogens with one attached hydrogen (secondary N) is 3. The Hall–Kier alpha value is -4.12. The molecule has 50 heavy (non-hydrogen) atoms. The van der Waals surface area contributed by atoms with E-state index in [2.05, 4.69) is 19.9 Å². The van der Waals surface area contributed by atoms with Gasteiger partial charge in [-0.05, 0) is 38.6 Å². The van der Waals surface area contributed by atoms with Gasteiger partial charge in [-0.25, -0.2) is 0 Å². The number of guanidine groups is 3. The fourth-order valence-electron chi connectivity index (χ4n) is 4.40. The Morgan fingerprint density at radius 1 is 0.500 bits per heavy atom. The average molecular weight is 714 g/mol. The molecule has 0 aromatic heterocycles. The van der Waals surface area contributed by atoms with E-state index in [9.17, 15) is 19.2 Å². The van der Waals surface area contributed by atoms with E-state index < -0.39 is 0 Å². The van der Waals surface area contributed by atoms with Gasteiger partial charge < -0.3 is 0 Å². The highest BCUT2D eigenvalue weighted by atomic mass is 16.1. The summed E-state index contributed by atoms with van der Waals surface area (Å²) in [4.78, 5) is 60.6. The van der Waals surface area contributed by atoms with Crippen LogP contribution in [0.5, 0.6) is 0 Å². The van der Waals surface area contributed by atoms with Gasteiger partial charge in [0.05, 0.1) is 32.7 Å². The fourth-order valence-corrected chi connectivity index (χ4v) is 4.40. The first kappa shape index (κ1) is 48.0. The monoisotopic (exact) mass is 714 g/mol. The predicted molar refractivity (Wildman–Crippen MR) is 198 cm³/mol. The first-order valence-electron chi connectivity index (χ1n) is 17.7. The minimum Gasteiger partial charge on any atom is -0.300 e. The number of carbonyl (C=O) groups is 4. The van der Waals surface area contributed by atoms with Crippen molar-refractivity contribution >= 4 is 46.8 Å². The Kier molecular flexibility index (Phi) is 28.6. The van der Waals surface area contributed by atoms with E-state index in [0.717, 1.165) is 38.8 Å². The first-order chi connectivity index (χ1) is 23.4. The molecular formula is C33H71N13O4+4. The van der Waals surface area contributed by atoms with Gasteiger partial charge in [0.2, 0.25) is 5.84 Å². The molecule has 0 heterocycles. The maximum Gasteiger partial charge on any atom is 0.338 e. The molecule has 17 heteroatoms. The molecule has 0 amide bonds. The number of hydrogen-bond acceptors (Lipinski definition) is 6. The standard InChI is InChI=1S/C19H37N7O3.C14H30N6O/c1-14(2)17(29)13-26(11-7-15(27)5-3-9-24-18(20)21)12-8-16(28)6-4-10-25-19(22)23;1-11(2)12(21)10-20(8-4-3-6-13(15)16)9-5-7-19-14(17)18/h14H,3-13H2,1-2H3,(H4,20,21,24)(H4,22,23,25);11H,3-10H2,1-2H3,(H3,15,16)(H4,17,18,19)/p+4. The van der Waals surface area contributed by atoms with Crippen molar-refractivity contribution in [1.82, 2.24) is 9.80 Å². The van der Waals surface area contributed by atoms with Crippen LogP contribution in [-0.4, -0.2) is 116 Å². The van der Waals surface area contributed by atoms with Crippen molar-refractivity contribution in [3.63, 3.8) is 0 Å². The van der Waals surface area contributed by atoms with Crippen molar-refractivity contribution in [2.24, 2.45) is 52.0 Å². The van der Waals surface area contributed by atoms with E-state index in [-0.39, 0.29) is 59.4 Å².